The molecule has 0 saturated carbocycles. The number of ether oxygens (including phenoxy) is 2. The Morgan fingerprint density at radius 1 is 1.18 bits per heavy atom. The van der Waals surface area contributed by atoms with Crippen LogP contribution in [-0.2, 0) is 17.9 Å². The molecule has 0 saturated heterocycles. The molecule has 4 aromatic rings. The van der Waals surface area contributed by atoms with E-state index < -0.39 is 10.9 Å². The van der Waals surface area contributed by atoms with Gasteiger partial charge in [0.2, 0.25) is 0 Å². The van der Waals surface area contributed by atoms with Crippen LogP contribution >= 0.6 is 0 Å². The molecule has 8 nitrogen and oxygen atoms in total. The third-order valence-corrected chi connectivity index (χ3v) is 5.69. The molecule has 1 aliphatic heterocycles. The highest BCUT2D eigenvalue weighted by Gasteiger charge is 2.21. The second-order valence-corrected chi connectivity index (χ2v) is 7.59. The van der Waals surface area contributed by atoms with E-state index in [4.69, 9.17) is 9.47 Å². The Morgan fingerprint density at radius 2 is 2.03 bits per heavy atom. The normalized spacial score (nSPS) is 13.7. The third kappa shape index (κ3) is 3.71. The molecule has 0 N–H and O–H groups in total. The van der Waals surface area contributed by atoms with E-state index in [0.717, 1.165) is 22.3 Å². The summed E-state index contributed by atoms with van der Waals surface area (Å²) in [5.41, 5.74) is 5.47. The number of aromatic nitrogens is 2. The number of carbonyl (C=O) groups excluding carboxylic acids is 1. The molecule has 0 amide bonds. The van der Waals surface area contributed by atoms with Crippen molar-refractivity contribution in [2.24, 2.45) is 0 Å². The molecule has 0 bridgehead atoms. The molecule has 0 aliphatic carbocycles. The number of nitro benzene ring substituents is 1. The van der Waals surface area contributed by atoms with Crippen molar-refractivity contribution in [2.45, 2.75) is 13.2 Å². The van der Waals surface area contributed by atoms with Crippen LogP contribution in [0.25, 0.3) is 16.6 Å². The van der Waals surface area contributed by atoms with Crippen LogP contribution in [0.4, 0.5) is 5.69 Å². The van der Waals surface area contributed by atoms with Crippen molar-refractivity contribution in [2.75, 3.05) is 7.11 Å². The van der Waals surface area contributed by atoms with Gasteiger partial charge in [-0.3, -0.25) is 10.1 Å². The fourth-order valence-corrected chi connectivity index (χ4v) is 4.03. The van der Waals surface area contributed by atoms with Crippen LogP contribution in [0, 0.1) is 10.1 Å². The zero-order valence-corrected chi connectivity index (χ0v) is 17.7. The average Bonchev–Trinajstić information content (AvgIpc) is 3.18. The first kappa shape index (κ1) is 20.4. The van der Waals surface area contributed by atoms with Gasteiger partial charge in [-0.25, -0.2) is 9.78 Å². The molecular weight excluding hydrogens is 422 g/mol. The van der Waals surface area contributed by atoms with Gasteiger partial charge >= 0.3 is 5.97 Å². The Labute approximate surface area is 188 Å². The van der Waals surface area contributed by atoms with Crippen LogP contribution < -0.4 is 4.74 Å². The molecule has 0 spiro atoms. The Hall–Kier alpha value is -4.46. The number of methoxy groups -OCH3 is 1. The molecular formula is C25H19N3O5. The summed E-state index contributed by atoms with van der Waals surface area (Å²) in [5, 5.41) is 11.2. The highest BCUT2D eigenvalue weighted by molar-refractivity contribution is 5.93. The largest absolute Gasteiger partial charge is 0.488 e. The van der Waals surface area contributed by atoms with Crippen molar-refractivity contribution in [3.8, 4) is 5.75 Å². The van der Waals surface area contributed by atoms with E-state index in [2.05, 4.69) is 4.98 Å². The summed E-state index contributed by atoms with van der Waals surface area (Å²) >= 11 is 0. The average molecular weight is 441 g/mol. The minimum Gasteiger partial charge on any atom is -0.488 e. The fraction of sp³-hybridized carbons (Fsp3) is 0.120. The molecule has 33 heavy (non-hydrogen) atoms. The Balaban J connectivity index is 1.64. The minimum atomic E-state index is -0.428. The number of fused-ring (bicyclic) bond motifs is 3. The summed E-state index contributed by atoms with van der Waals surface area (Å²) in [6.07, 6.45) is 3.68. The monoisotopic (exact) mass is 441 g/mol. The van der Waals surface area contributed by atoms with Crippen LogP contribution in [0.1, 0.15) is 27.0 Å². The standard InChI is InChI=1S/C25H19N3O5/c1-32-25(29)16-6-9-24-21(12-16)20(19-5-3-2-4-17(19)14-33-24)10-11-27-15-26-22-8-7-18(28(30)31)13-23(22)27/h2-10,12-13,15H,11,14H2,1H3/b20-10+. The van der Waals surface area contributed by atoms with E-state index in [1.807, 2.05) is 34.9 Å². The lowest BCUT2D eigenvalue weighted by Gasteiger charge is -2.12. The molecule has 1 aromatic heterocycles. The van der Waals surface area contributed by atoms with Crippen LogP contribution in [0.5, 0.6) is 5.75 Å². The van der Waals surface area contributed by atoms with Crippen LogP contribution in [0.15, 0.2) is 73.1 Å². The van der Waals surface area contributed by atoms with E-state index in [1.54, 1.807) is 30.6 Å². The Bertz CT molecular complexity index is 1440. The second kappa shape index (κ2) is 8.23. The summed E-state index contributed by atoms with van der Waals surface area (Å²) in [6, 6.07) is 17.8. The number of nitro groups is 1. The van der Waals surface area contributed by atoms with Gasteiger partial charge < -0.3 is 14.0 Å². The molecule has 164 valence electrons. The molecule has 8 heteroatoms. The van der Waals surface area contributed by atoms with E-state index in [-0.39, 0.29) is 5.69 Å². The lowest BCUT2D eigenvalue weighted by molar-refractivity contribution is -0.384. The highest BCUT2D eigenvalue weighted by Crippen LogP contribution is 2.37. The van der Waals surface area contributed by atoms with E-state index in [1.165, 1.54) is 19.2 Å². The first-order valence-corrected chi connectivity index (χ1v) is 10.3. The quantitative estimate of drug-likeness (QED) is 0.257. The molecule has 5 rings (SSSR count). The summed E-state index contributed by atoms with van der Waals surface area (Å²) in [7, 11) is 1.35. The van der Waals surface area contributed by atoms with Crippen LogP contribution in [0.2, 0.25) is 0 Å². The van der Waals surface area contributed by atoms with Crippen molar-refractivity contribution < 1.29 is 19.2 Å². The van der Waals surface area contributed by atoms with Gasteiger partial charge in [-0.15, -0.1) is 0 Å². The first-order chi connectivity index (χ1) is 16.0. The van der Waals surface area contributed by atoms with Gasteiger partial charge in [0.05, 0.1) is 35.0 Å². The zero-order chi connectivity index (χ0) is 22.9. The first-order valence-electron chi connectivity index (χ1n) is 10.3. The van der Waals surface area contributed by atoms with Gasteiger partial charge in [0.1, 0.15) is 12.4 Å². The Morgan fingerprint density at radius 3 is 2.85 bits per heavy atom. The molecule has 2 heterocycles. The lowest BCUT2D eigenvalue weighted by atomic mass is 9.93. The maximum Gasteiger partial charge on any atom is 0.337 e. The molecule has 0 fully saturated rings. The number of esters is 1. The molecule has 1 aliphatic rings. The molecule has 3 aromatic carbocycles. The van der Waals surface area contributed by atoms with Crippen LogP contribution in [0.3, 0.4) is 0 Å². The van der Waals surface area contributed by atoms with Crippen molar-refractivity contribution in [1.82, 2.24) is 9.55 Å². The fourth-order valence-electron chi connectivity index (χ4n) is 4.03. The third-order valence-electron chi connectivity index (χ3n) is 5.69. The number of benzene rings is 3. The Kier molecular flexibility index (Phi) is 5.10. The minimum absolute atomic E-state index is 0.0122. The number of allylic oxidation sites excluding steroid dienone is 1. The van der Waals surface area contributed by atoms with Crippen molar-refractivity contribution in [1.29, 1.82) is 0 Å². The SMILES string of the molecule is COC(=O)c1ccc2c(c1)/C(=C/Cn1cnc3ccc([N+](=O)[O-])cc31)c1ccccc1CO2. The summed E-state index contributed by atoms with van der Waals surface area (Å²) < 4.78 is 12.8. The van der Waals surface area contributed by atoms with Gasteiger partial charge in [-0.1, -0.05) is 30.3 Å². The van der Waals surface area contributed by atoms with E-state index in [9.17, 15) is 14.9 Å². The maximum atomic E-state index is 12.2. The van der Waals surface area contributed by atoms with Crippen molar-refractivity contribution >= 4 is 28.3 Å². The van der Waals surface area contributed by atoms with Gasteiger partial charge in [0.15, 0.2) is 0 Å². The van der Waals surface area contributed by atoms with Gasteiger partial charge in [-0.2, -0.15) is 0 Å². The summed E-state index contributed by atoms with van der Waals surface area (Å²) in [4.78, 5) is 27.3. The summed E-state index contributed by atoms with van der Waals surface area (Å²) in [5.74, 6) is 0.235. The van der Waals surface area contributed by atoms with E-state index in [0.29, 0.717) is 35.5 Å². The zero-order valence-electron chi connectivity index (χ0n) is 17.7. The molecule has 0 unspecified atom stereocenters. The number of carbonyl (C=O) groups is 1. The number of nitrogens with zero attached hydrogens (tertiary/aromatic N) is 3. The van der Waals surface area contributed by atoms with Crippen molar-refractivity contribution in [3.05, 3.63) is 105 Å². The lowest BCUT2D eigenvalue weighted by Crippen LogP contribution is -2.03. The smallest absolute Gasteiger partial charge is 0.337 e. The number of hydrogen-bond donors (Lipinski definition) is 0. The van der Waals surface area contributed by atoms with Gasteiger partial charge in [-0.05, 0) is 41.0 Å². The number of imidazole rings is 1. The predicted octanol–water partition coefficient (Wildman–Crippen LogP) is 4.76. The van der Waals surface area contributed by atoms with Crippen LogP contribution in [-0.4, -0.2) is 27.6 Å². The second-order valence-electron chi connectivity index (χ2n) is 7.59. The highest BCUT2D eigenvalue weighted by atomic mass is 16.6. The van der Waals surface area contributed by atoms with Gasteiger partial charge in [0, 0.05) is 24.2 Å². The van der Waals surface area contributed by atoms with E-state index >= 15 is 0 Å². The number of hydrogen-bond acceptors (Lipinski definition) is 6. The molecule has 0 atom stereocenters. The molecule has 0 radical (unpaired) electrons. The maximum absolute atomic E-state index is 12.2. The van der Waals surface area contributed by atoms with Crippen molar-refractivity contribution in [3.63, 3.8) is 0 Å². The number of non-ortho nitro benzene ring substituents is 1. The summed E-state index contributed by atoms with van der Waals surface area (Å²) in [6.45, 7) is 0.821. The number of rotatable bonds is 4. The topological polar surface area (TPSA) is 96.5 Å². The van der Waals surface area contributed by atoms with Gasteiger partial charge in [0.25, 0.3) is 5.69 Å². The predicted molar refractivity (Wildman–Crippen MR) is 122 cm³/mol.